The number of hydrogen-bond acceptors (Lipinski definition) is 4. The van der Waals surface area contributed by atoms with Crippen LogP contribution < -0.4 is 0 Å². The van der Waals surface area contributed by atoms with Gasteiger partial charge in [-0.15, -0.1) is 0 Å². The molecule has 0 heterocycles. The first kappa shape index (κ1) is 17.2. The number of carbonyl (C=O) groups excluding carboxylic acids is 2. The van der Waals surface area contributed by atoms with Gasteiger partial charge in [-0.2, -0.15) is 9.98 Å². The summed E-state index contributed by atoms with van der Waals surface area (Å²) in [6.07, 6.45) is 4.42. The smallest absolute Gasteiger partial charge is 0.211 e. The Balaban J connectivity index is 1.86. The molecule has 0 atom stereocenters. The van der Waals surface area contributed by atoms with Gasteiger partial charge in [-0.25, -0.2) is 9.59 Å². The number of para-hydroxylation sites is 2. The van der Waals surface area contributed by atoms with Crippen molar-refractivity contribution in [3.05, 3.63) is 95.1 Å². The minimum atomic E-state index is 0.614. The van der Waals surface area contributed by atoms with Gasteiger partial charge in [0.05, 0.1) is 11.4 Å². The topological polar surface area (TPSA) is 58.9 Å². The molecule has 26 heavy (non-hydrogen) atoms. The molecule has 3 aromatic rings. The van der Waals surface area contributed by atoms with Crippen LogP contribution in [0.5, 0.6) is 0 Å². The zero-order valence-corrected chi connectivity index (χ0v) is 14.0. The van der Waals surface area contributed by atoms with E-state index in [2.05, 4.69) is 16.1 Å². The number of rotatable bonds is 6. The van der Waals surface area contributed by atoms with Crippen molar-refractivity contribution in [1.29, 1.82) is 0 Å². The average molecular weight is 339 g/mol. The fourth-order valence-corrected chi connectivity index (χ4v) is 2.82. The van der Waals surface area contributed by atoms with Crippen LogP contribution >= 0.6 is 0 Å². The van der Waals surface area contributed by atoms with Crippen molar-refractivity contribution >= 4 is 23.5 Å². The van der Waals surface area contributed by atoms with Gasteiger partial charge < -0.3 is 0 Å². The number of benzene rings is 3. The maximum absolute atomic E-state index is 10.6. The number of nitrogens with zero attached hydrogens (tertiary/aromatic N) is 2. The van der Waals surface area contributed by atoms with Crippen LogP contribution in [0.1, 0.15) is 22.3 Å². The summed E-state index contributed by atoms with van der Waals surface area (Å²) in [4.78, 5) is 28.7. The molecular formula is C22H15N2O2. The molecule has 0 saturated heterocycles. The highest BCUT2D eigenvalue weighted by atomic mass is 16.1. The molecule has 0 spiro atoms. The largest absolute Gasteiger partial charge is 0.240 e. The van der Waals surface area contributed by atoms with Gasteiger partial charge in [-0.3, -0.25) is 0 Å². The van der Waals surface area contributed by atoms with E-state index < -0.39 is 0 Å². The molecule has 0 fully saturated rings. The van der Waals surface area contributed by atoms with E-state index in [0.717, 1.165) is 22.3 Å². The van der Waals surface area contributed by atoms with Crippen molar-refractivity contribution in [2.45, 2.75) is 12.8 Å². The Morgan fingerprint density at radius 1 is 0.654 bits per heavy atom. The molecule has 0 aliphatic carbocycles. The molecule has 1 radical (unpaired) electrons. The van der Waals surface area contributed by atoms with Crippen molar-refractivity contribution in [1.82, 2.24) is 0 Å². The van der Waals surface area contributed by atoms with Gasteiger partial charge in [0.1, 0.15) is 0 Å². The van der Waals surface area contributed by atoms with E-state index in [1.807, 2.05) is 54.6 Å². The Labute approximate surface area is 151 Å². The number of isocyanates is 2. The van der Waals surface area contributed by atoms with Crippen LogP contribution in [0.2, 0.25) is 0 Å². The van der Waals surface area contributed by atoms with Crippen LogP contribution in [-0.2, 0) is 22.4 Å². The first-order chi connectivity index (χ1) is 12.8. The average Bonchev–Trinajstić information content (AvgIpc) is 2.66. The Morgan fingerprint density at radius 2 is 1.12 bits per heavy atom. The molecule has 4 heteroatoms. The van der Waals surface area contributed by atoms with Crippen LogP contribution in [0.3, 0.4) is 0 Å². The van der Waals surface area contributed by atoms with Crippen LogP contribution in [0.4, 0.5) is 11.4 Å². The number of hydrogen-bond donors (Lipinski definition) is 0. The van der Waals surface area contributed by atoms with Crippen LogP contribution in [0.25, 0.3) is 0 Å². The quantitative estimate of drug-likeness (QED) is 0.487. The molecule has 0 N–H and O–H groups in total. The molecule has 0 aliphatic rings. The van der Waals surface area contributed by atoms with E-state index in [0.29, 0.717) is 24.2 Å². The maximum atomic E-state index is 10.6. The lowest BCUT2D eigenvalue weighted by Crippen LogP contribution is -1.94. The summed E-state index contributed by atoms with van der Waals surface area (Å²) in [5, 5.41) is 0. The Morgan fingerprint density at radius 3 is 1.58 bits per heavy atom. The Bertz CT molecular complexity index is 935. The fraction of sp³-hybridized carbons (Fsp3) is 0.0909. The summed E-state index contributed by atoms with van der Waals surface area (Å²) < 4.78 is 0. The zero-order valence-electron chi connectivity index (χ0n) is 14.0. The standard InChI is InChI=1S/C22H15N2O2/c25-15-23-21-10-3-1-8-19(21)13-17-6-5-7-18(12-17)14-20-9-2-4-11-22(20)24-16-26/h1-11H,13-14H2. The Kier molecular flexibility index (Phi) is 5.64. The first-order valence-corrected chi connectivity index (χ1v) is 8.12. The van der Waals surface area contributed by atoms with Gasteiger partial charge in [0.15, 0.2) is 0 Å². The lowest BCUT2D eigenvalue weighted by Gasteiger charge is -2.08. The van der Waals surface area contributed by atoms with Crippen molar-refractivity contribution < 1.29 is 9.59 Å². The predicted molar refractivity (Wildman–Crippen MR) is 99.3 cm³/mol. The van der Waals surface area contributed by atoms with Crippen molar-refractivity contribution in [2.24, 2.45) is 9.98 Å². The van der Waals surface area contributed by atoms with E-state index in [-0.39, 0.29) is 0 Å². The van der Waals surface area contributed by atoms with Crippen LogP contribution in [0, 0.1) is 6.07 Å². The van der Waals surface area contributed by atoms with E-state index >= 15 is 0 Å². The molecule has 0 aromatic heterocycles. The predicted octanol–water partition coefficient (Wildman–Crippen LogP) is 4.60. The van der Waals surface area contributed by atoms with Gasteiger partial charge in [0.2, 0.25) is 12.2 Å². The lowest BCUT2D eigenvalue weighted by molar-refractivity contribution is 0.564. The molecule has 0 aliphatic heterocycles. The van der Waals surface area contributed by atoms with E-state index in [4.69, 9.17) is 0 Å². The van der Waals surface area contributed by atoms with Crippen molar-refractivity contribution in [2.75, 3.05) is 0 Å². The molecule has 4 nitrogen and oxygen atoms in total. The van der Waals surface area contributed by atoms with Gasteiger partial charge >= 0.3 is 0 Å². The van der Waals surface area contributed by atoms with Gasteiger partial charge in [-0.1, -0.05) is 54.6 Å². The van der Waals surface area contributed by atoms with E-state index in [1.54, 1.807) is 24.3 Å². The van der Waals surface area contributed by atoms with Gasteiger partial charge in [0, 0.05) is 12.8 Å². The number of aliphatic imine (C=N–C) groups is 2. The summed E-state index contributed by atoms with van der Waals surface area (Å²) in [6, 6.07) is 24.3. The second-order valence-electron chi connectivity index (χ2n) is 5.72. The molecule has 3 aromatic carbocycles. The highest BCUT2D eigenvalue weighted by molar-refractivity contribution is 5.56. The second kappa shape index (κ2) is 8.50. The van der Waals surface area contributed by atoms with Crippen molar-refractivity contribution in [3.8, 4) is 0 Å². The first-order valence-electron chi connectivity index (χ1n) is 8.12. The lowest BCUT2D eigenvalue weighted by atomic mass is 9.98. The molecule has 0 bridgehead atoms. The molecule has 3 rings (SSSR count). The molecule has 0 unspecified atom stereocenters. The van der Waals surface area contributed by atoms with Crippen LogP contribution in [0.15, 0.2) is 76.7 Å². The summed E-state index contributed by atoms with van der Waals surface area (Å²) >= 11 is 0. The second-order valence-corrected chi connectivity index (χ2v) is 5.72. The van der Waals surface area contributed by atoms with Crippen LogP contribution in [-0.4, -0.2) is 12.2 Å². The summed E-state index contributed by atoms with van der Waals surface area (Å²) in [5.41, 5.74) is 5.10. The normalized spacial score (nSPS) is 9.85. The molecule has 125 valence electrons. The summed E-state index contributed by atoms with van der Waals surface area (Å²) in [6.45, 7) is 0. The molecule has 0 amide bonds. The minimum Gasteiger partial charge on any atom is -0.211 e. The highest BCUT2D eigenvalue weighted by Gasteiger charge is 2.06. The molecular weight excluding hydrogens is 324 g/mol. The fourth-order valence-electron chi connectivity index (χ4n) is 2.82. The van der Waals surface area contributed by atoms with Gasteiger partial charge in [0.25, 0.3) is 0 Å². The van der Waals surface area contributed by atoms with Crippen molar-refractivity contribution in [3.63, 3.8) is 0 Å². The zero-order chi connectivity index (χ0) is 18.2. The highest BCUT2D eigenvalue weighted by Crippen LogP contribution is 2.24. The third-order valence-corrected chi connectivity index (χ3v) is 3.99. The summed E-state index contributed by atoms with van der Waals surface area (Å²) in [7, 11) is 0. The maximum Gasteiger partial charge on any atom is 0.240 e. The monoisotopic (exact) mass is 339 g/mol. The van der Waals surface area contributed by atoms with Gasteiger partial charge in [-0.05, 0) is 40.5 Å². The third kappa shape index (κ3) is 4.28. The Hall–Kier alpha value is -3.58. The van der Waals surface area contributed by atoms with E-state index in [9.17, 15) is 9.59 Å². The SMILES string of the molecule is O=C=Nc1ccccc1Cc1[c]c(Cc2ccccc2N=C=O)ccc1. The minimum absolute atomic E-state index is 0.614. The third-order valence-electron chi connectivity index (χ3n) is 3.99. The summed E-state index contributed by atoms with van der Waals surface area (Å²) in [5.74, 6) is 0. The van der Waals surface area contributed by atoms with E-state index in [1.165, 1.54) is 0 Å². The molecule has 0 saturated carbocycles.